The van der Waals surface area contributed by atoms with Crippen LogP contribution >= 0.6 is 0 Å². The molecule has 2 aromatic heterocycles. The quantitative estimate of drug-likeness (QED) is 0.797. The van der Waals surface area contributed by atoms with Crippen LogP contribution in [0.1, 0.15) is 30.7 Å². The van der Waals surface area contributed by atoms with Crippen LogP contribution in [0.15, 0.2) is 29.7 Å². The Morgan fingerprint density at radius 1 is 1.28 bits per heavy atom. The molecule has 0 N–H and O–H groups in total. The molecule has 3 heterocycles. The predicted octanol–water partition coefficient (Wildman–Crippen LogP) is 1.87. The average molecular weight is 351 g/mol. The van der Waals surface area contributed by atoms with Crippen molar-refractivity contribution in [1.82, 2.24) is 24.0 Å². The molecular weight excluding hydrogens is 328 g/mol. The summed E-state index contributed by atoms with van der Waals surface area (Å²) in [5.41, 5.74) is 0.369. The largest absolute Gasteiger partial charge is 0.338 e. The number of aryl methyl sites for hydroxylation is 1. The van der Waals surface area contributed by atoms with Gasteiger partial charge in [-0.2, -0.15) is 0 Å². The lowest BCUT2D eigenvalue weighted by atomic mass is 9.96. The number of aromatic nitrogens is 4. The number of piperidine rings is 1. The summed E-state index contributed by atoms with van der Waals surface area (Å²) in [5.74, 6) is 0.379. The van der Waals surface area contributed by atoms with Gasteiger partial charge in [-0.15, -0.1) is 0 Å². The minimum Gasteiger partial charge on any atom is -0.338 e. The molecule has 1 saturated heterocycles. The van der Waals surface area contributed by atoms with Crippen molar-refractivity contribution in [1.29, 1.82) is 0 Å². The fourth-order valence-corrected chi connectivity index (χ4v) is 3.27. The zero-order chi connectivity index (χ0) is 17.8. The van der Waals surface area contributed by atoms with Crippen LogP contribution in [0.4, 0.5) is 8.78 Å². The molecule has 8 heteroatoms. The van der Waals surface area contributed by atoms with E-state index in [2.05, 4.69) is 14.9 Å². The molecule has 3 rings (SSSR count). The first-order chi connectivity index (χ1) is 12.0. The number of hydrogen-bond donors (Lipinski definition) is 0. The zero-order valence-electron chi connectivity index (χ0n) is 14.3. The molecule has 0 radical (unpaired) electrons. The number of rotatable bonds is 6. The van der Waals surface area contributed by atoms with Crippen molar-refractivity contribution in [3.63, 3.8) is 0 Å². The molecule has 136 valence electrons. The molecular formula is C17H23F2N5O. The molecule has 1 aliphatic heterocycles. The topological polar surface area (TPSA) is 56.0 Å². The van der Waals surface area contributed by atoms with Gasteiger partial charge in [-0.3, -0.25) is 9.36 Å². The number of hydrogen-bond acceptors (Lipinski definition) is 4. The molecule has 2 aromatic rings. The fourth-order valence-electron chi connectivity index (χ4n) is 3.27. The normalized spacial score (nSPS) is 16.6. The van der Waals surface area contributed by atoms with E-state index in [-0.39, 0.29) is 0 Å². The third-order valence-corrected chi connectivity index (χ3v) is 4.89. The molecule has 0 atom stereocenters. The van der Waals surface area contributed by atoms with Crippen LogP contribution in [0.25, 0.3) is 0 Å². The van der Waals surface area contributed by atoms with E-state index in [9.17, 15) is 13.6 Å². The fraction of sp³-hybridized carbons (Fsp3) is 0.588. The van der Waals surface area contributed by atoms with Crippen molar-refractivity contribution in [2.24, 2.45) is 13.0 Å². The lowest BCUT2D eigenvalue weighted by Crippen LogP contribution is -2.37. The van der Waals surface area contributed by atoms with Crippen LogP contribution in [0.3, 0.4) is 0 Å². The lowest BCUT2D eigenvalue weighted by molar-refractivity contribution is 0.145. The predicted molar refractivity (Wildman–Crippen MR) is 89.5 cm³/mol. The number of alkyl halides is 2. The van der Waals surface area contributed by atoms with E-state index < -0.39 is 17.7 Å². The molecule has 0 amide bonds. The molecule has 25 heavy (non-hydrogen) atoms. The second kappa shape index (κ2) is 7.86. The highest BCUT2D eigenvalue weighted by atomic mass is 19.3. The van der Waals surface area contributed by atoms with Gasteiger partial charge >= 0.3 is 0 Å². The maximum atomic E-state index is 12.6. The molecule has 0 unspecified atom stereocenters. The Balaban J connectivity index is 1.48. The Morgan fingerprint density at radius 2 is 2.04 bits per heavy atom. The van der Waals surface area contributed by atoms with Gasteiger partial charge in [-0.05, 0) is 31.8 Å². The summed E-state index contributed by atoms with van der Waals surface area (Å²) in [4.78, 5) is 22.1. The Labute approximate surface area is 145 Å². The maximum absolute atomic E-state index is 12.6. The molecule has 1 aliphatic rings. The molecule has 6 nitrogen and oxygen atoms in total. The zero-order valence-corrected chi connectivity index (χ0v) is 14.3. The summed E-state index contributed by atoms with van der Waals surface area (Å²) < 4.78 is 28.6. The molecule has 0 spiro atoms. The van der Waals surface area contributed by atoms with Gasteiger partial charge in [0, 0.05) is 44.5 Å². The monoisotopic (exact) mass is 351 g/mol. The van der Waals surface area contributed by atoms with Gasteiger partial charge in [0.05, 0.1) is 12.7 Å². The van der Waals surface area contributed by atoms with Gasteiger partial charge in [0.25, 0.3) is 12.0 Å². The summed E-state index contributed by atoms with van der Waals surface area (Å²) in [6.45, 7) is 3.52. The first kappa shape index (κ1) is 17.7. The summed E-state index contributed by atoms with van der Waals surface area (Å²) in [7, 11) is 2.00. The average Bonchev–Trinajstić information content (AvgIpc) is 3.01. The lowest BCUT2D eigenvalue weighted by Gasteiger charge is -2.32. The summed E-state index contributed by atoms with van der Waals surface area (Å²) in [6.07, 6.45) is 5.22. The minimum absolute atomic E-state index is 0.379. The smallest absolute Gasteiger partial charge is 0.280 e. The second-order valence-corrected chi connectivity index (χ2v) is 6.64. The second-order valence-electron chi connectivity index (χ2n) is 6.64. The van der Waals surface area contributed by atoms with Crippen LogP contribution in [0.5, 0.6) is 0 Å². The summed E-state index contributed by atoms with van der Waals surface area (Å²) >= 11 is 0. The number of likely N-dealkylation sites (tertiary alicyclic amines) is 1. The van der Waals surface area contributed by atoms with E-state index in [1.807, 2.05) is 24.1 Å². The van der Waals surface area contributed by atoms with Crippen molar-refractivity contribution in [2.45, 2.75) is 32.2 Å². The van der Waals surface area contributed by atoms with E-state index in [0.29, 0.717) is 12.5 Å². The highest BCUT2D eigenvalue weighted by molar-refractivity contribution is 5.01. The molecule has 0 saturated carbocycles. The van der Waals surface area contributed by atoms with Crippen LogP contribution in [0, 0.1) is 5.92 Å². The SMILES string of the molecule is Cn1cncc1CCN1CCC(Cn2cnc(C(F)F)cc2=O)CC1. The van der Waals surface area contributed by atoms with Gasteiger partial charge in [0.15, 0.2) is 0 Å². The van der Waals surface area contributed by atoms with E-state index >= 15 is 0 Å². The summed E-state index contributed by atoms with van der Waals surface area (Å²) in [5, 5.41) is 0. The highest BCUT2D eigenvalue weighted by Gasteiger charge is 2.20. The number of imidazole rings is 1. The minimum atomic E-state index is -2.70. The number of nitrogens with zero attached hydrogens (tertiary/aromatic N) is 5. The van der Waals surface area contributed by atoms with E-state index in [1.165, 1.54) is 16.6 Å². The standard InChI is InChI=1S/C17H23F2N5O/c1-22-11-20-9-14(22)4-7-23-5-2-13(3-6-23)10-24-12-21-15(17(18)19)8-16(24)25/h8-9,11-13,17H,2-7,10H2,1H3. The van der Waals surface area contributed by atoms with Gasteiger partial charge in [0.1, 0.15) is 5.69 Å². The third kappa shape index (κ3) is 4.50. The van der Waals surface area contributed by atoms with Crippen molar-refractivity contribution in [3.8, 4) is 0 Å². The first-order valence-electron chi connectivity index (χ1n) is 8.55. The van der Waals surface area contributed by atoms with Gasteiger partial charge in [-0.1, -0.05) is 0 Å². The summed E-state index contributed by atoms with van der Waals surface area (Å²) in [6, 6.07) is 0.938. The van der Waals surface area contributed by atoms with Gasteiger partial charge in [0.2, 0.25) is 0 Å². The maximum Gasteiger partial charge on any atom is 0.280 e. The van der Waals surface area contributed by atoms with Crippen molar-refractivity contribution in [3.05, 3.63) is 46.7 Å². The van der Waals surface area contributed by atoms with Gasteiger partial charge in [-0.25, -0.2) is 18.7 Å². The van der Waals surface area contributed by atoms with E-state index in [4.69, 9.17) is 0 Å². The van der Waals surface area contributed by atoms with E-state index in [1.54, 1.807) is 0 Å². The van der Waals surface area contributed by atoms with Crippen molar-refractivity contribution in [2.75, 3.05) is 19.6 Å². The van der Waals surface area contributed by atoms with Gasteiger partial charge < -0.3 is 9.47 Å². The van der Waals surface area contributed by atoms with Crippen LogP contribution in [-0.2, 0) is 20.0 Å². The Morgan fingerprint density at radius 3 is 2.64 bits per heavy atom. The highest BCUT2D eigenvalue weighted by Crippen LogP contribution is 2.19. The number of halogens is 2. The molecule has 1 fully saturated rings. The Kier molecular flexibility index (Phi) is 5.57. The Bertz CT molecular complexity index is 749. The first-order valence-corrected chi connectivity index (χ1v) is 8.55. The van der Waals surface area contributed by atoms with Crippen molar-refractivity contribution < 1.29 is 8.78 Å². The van der Waals surface area contributed by atoms with E-state index in [0.717, 1.165) is 45.0 Å². The molecule has 0 aromatic carbocycles. The van der Waals surface area contributed by atoms with Crippen LogP contribution in [-0.4, -0.2) is 43.6 Å². The van der Waals surface area contributed by atoms with Crippen LogP contribution in [0.2, 0.25) is 0 Å². The van der Waals surface area contributed by atoms with Crippen molar-refractivity contribution >= 4 is 0 Å². The third-order valence-electron chi connectivity index (χ3n) is 4.89. The Hall–Kier alpha value is -2.09. The molecule has 0 aliphatic carbocycles. The molecule has 0 bridgehead atoms. The van der Waals surface area contributed by atoms with Crippen LogP contribution < -0.4 is 5.56 Å².